The molecule has 1 atom stereocenters. The number of pyridine rings is 1. The van der Waals surface area contributed by atoms with Crippen molar-refractivity contribution in [2.75, 3.05) is 7.11 Å². The molecule has 0 saturated heterocycles. The van der Waals surface area contributed by atoms with Crippen molar-refractivity contribution in [1.29, 1.82) is 0 Å². The van der Waals surface area contributed by atoms with Crippen molar-refractivity contribution in [1.82, 2.24) is 14.9 Å². The third-order valence-electron chi connectivity index (χ3n) is 5.26. The molecule has 0 bridgehead atoms. The number of carbonyl (C=O) groups is 1. The summed E-state index contributed by atoms with van der Waals surface area (Å²) in [4.78, 5) is 22.5. The number of aromatic nitrogens is 2. The van der Waals surface area contributed by atoms with Gasteiger partial charge in [0.2, 0.25) is 0 Å². The fourth-order valence-corrected chi connectivity index (χ4v) is 3.75. The summed E-state index contributed by atoms with van der Waals surface area (Å²) >= 11 is 0. The molecule has 0 spiro atoms. The van der Waals surface area contributed by atoms with Crippen molar-refractivity contribution in [3.8, 4) is 0 Å². The Kier molecular flexibility index (Phi) is 6.20. The lowest BCUT2D eigenvalue weighted by Crippen LogP contribution is -2.30. The molecule has 2 aromatic heterocycles. The molecule has 4 aromatic rings. The second kappa shape index (κ2) is 9.37. The molecule has 0 fully saturated rings. The average Bonchev–Trinajstić information content (AvgIpc) is 3.22. The van der Waals surface area contributed by atoms with E-state index in [2.05, 4.69) is 45.2 Å². The van der Waals surface area contributed by atoms with Crippen LogP contribution < -0.4 is 0 Å². The first-order valence-corrected chi connectivity index (χ1v) is 10.1. The number of hydrogen-bond acceptors (Lipinski definition) is 4. The standard InChI is InChI=1S/C25H25N3O2/c1-30-24(29)16-23(22-15-21-13-8-14-26-25(21)27-22)28(17-19-9-4-2-5-10-19)18-20-11-6-3-7-12-20/h2-15,23H,16-18H2,1H3,(H,26,27)/t23-/m0/s1. The lowest BCUT2D eigenvalue weighted by Gasteiger charge is -2.31. The van der Waals surface area contributed by atoms with E-state index in [4.69, 9.17) is 4.74 Å². The number of aromatic amines is 1. The van der Waals surface area contributed by atoms with Crippen LogP contribution in [0.25, 0.3) is 11.0 Å². The Hall–Kier alpha value is -3.44. The number of methoxy groups -OCH3 is 1. The number of H-pyrrole nitrogens is 1. The molecular weight excluding hydrogens is 374 g/mol. The predicted molar refractivity (Wildman–Crippen MR) is 118 cm³/mol. The van der Waals surface area contributed by atoms with E-state index in [0.717, 1.165) is 16.7 Å². The van der Waals surface area contributed by atoms with Crippen LogP contribution in [-0.2, 0) is 22.6 Å². The van der Waals surface area contributed by atoms with Crippen molar-refractivity contribution in [2.45, 2.75) is 25.6 Å². The molecule has 0 aliphatic carbocycles. The second-order valence-electron chi connectivity index (χ2n) is 7.34. The van der Waals surface area contributed by atoms with E-state index in [1.54, 1.807) is 6.20 Å². The quantitative estimate of drug-likeness (QED) is 0.430. The Morgan fingerprint density at radius 2 is 1.60 bits per heavy atom. The van der Waals surface area contributed by atoms with Crippen molar-refractivity contribution in [2.24, 2.45) is 0 Å². The van der Waals surface area contributed by atoms with Gasteiger partial charge in [-0.2, -0.15) is 0 Å². The van der Waals surface area contributed by atoms with Crippen LogP contribution in [0.2, 0.25) is 0 Å². The largest absolute Gasteiger partial charge is 0.469 e. The zero-order valence-corrected chi connectivity index (χ0v) is 17.0. The Labute approximate surface area is 176 Å². The Bertz CT molecular complexity index is 1020. The van der Waals surface area contributed by atoms with Crippen LogP contribution in [-0.4, -0.2) is 27.9 Å². The summed E-state index contributed by atoms with van der Waals surface area (Å²) in [5.74, 6) is -0.238. The minimum Gasteiger partial charge on any atom is -0.469 e. The normalized spacial score (nSPS) is 12.2. The molecule has 0 radical (unpaired) electrons. The van der Waals surface area contributed by atoms with Crippen LogP contribution in [0, 0.1) is 0 Å². The summed E-state index contributed by atoms with van der Waals surface area (Å²) < 4.78 is 5.03. The van der Waals surface area contributed by atoms with Gasteiger partial charge in [0.25, 0.3) is 0 Å². The maximum absolute atomic E-state index is 12.3. The Morgan fingerprint density at radius 1 is 0.967 bits per heavy atom. The maximum atomic E-state index is 12.3. The average molecular weight is 399 g/mol. The van der Waals surface area contributed by atoms with Gasteiger partial charge in [-0.15, -0.1) is 0 Å². The van der Waals surface area contributed by atoms with E-state index in [9.17, 15) is 4.79 Å². The first kappa shape index (κ1) is 19.9. The zero-order chi connectivity index (χ0) is 20.8. The van der Waals surface area contributed by atoms with E-state index >= 15 is 0 Å². The molecule has 2 aromatic carbocycles. The fraction of sp³-hybridized carbons (Fsp3) is 0.200. The highest BCUT2D eigenvalue weighted by Crippen LogP contribution is 2.30. The number of hydrogen-bond donors (Lipinski definition) is 1. The second-order valence-corrected chi connectivity index (χ2v) is 7.34. The SMILES string of the molecule is COC(=O)C[C@@H](c1cc2cccnc2[nH]1)N(Cc1ccccc1)Cc1ccccc1. The van der Waals surface area contributed by atoms with Gasteiger partial charge in [0.15, 0.2) is 0 Å². The lowest BCUT2D eigenvalue weighted by molar-refractivity contribution is -0.142. The predicted octanol–water partition coefficient (Wildman–Crippen LogP) is 4.87. The highest BCUT2D eigenvalue weighted by molar-refractivity contribution is 5.77. The molecule has 1 N–H and O–H groups in total. The first-order chi connectivity index (χ1) is 14.7. The van der Waals surface area contributed by atoms with E-state index in [0.29, 0.717) is 13.1 Å². The summed E-state index contributed by atoms with van der Waals surface area (Å²) in [5.41, 5.74) is 4.16. The number of ether oxygens (including phenoxy) is 1. The summed E-state index contributed by atoms with van der Waals surface area (Å²) in [6, 6.07) is 26.5. The Balaban J connectivity index is 1.73. The van der Waals surface area contributed by atoms with Gasteiger partial charge in [-0.1, -0.05) is 60.7 Å². The minimum atomic E-state index is -0.238. The monoisotopic (exact) mass is 399 g/mol. The van der Waals surface area contributed by atoms with Crippen molar-refractivity contribution >= 4 is 17.0 Å². The number of carbonyl (C=O) groups excluding carboxylic acids is 1. The minimum absolute atomic E-state index is 0.174. The van der Waals surface area contributed by atoms with Gasteiger partial charge in [0, 0.05) is 30.4 Å². The lowest BCUT2D eigenvalue weighted by atomic mass is 10.0. The number of nitrogens with zero attached hydrogens (tertiary/aromatic N) is 2. The van der Waals surface area contributed by atoms with Crippen molar-refractivity contribution in [3.05, 3.63) is 102 Å². The van der Waals surface area contributed by atoms with E-state index in [1.807, 2.05) is 48.5 Å². The van der Waals surface area contributed by atoms with Gasteiger partial charge in [-0.3, -0.25) is 9.69 Å². The zero-order valence-electron chi connectivity index (χ0n) is 17.0. The van der Waals surface area contributed by atoms with Gasteiger partial charge < -0.3 is 9.72 Å². The third-order valence-corrected chi connectivity index (χ3v) is 5.26. The maximum Gasteiger partial charge on any atom is 0.307 e. The van der Waals surface area contributed by atoms with Crippen LogP contribution in [0.1, 0.15) is 29.3 Å². The topological polar surface area (TPSA) is 58.2 Å². The molecule has 5 nitrogen and oxygen atoms in total. The smallest absolute Gasteiger partial charge is 0.307 e. The molecule has 152 valence electrons. The molecule has 0 amide bonds. The number of esters is 1. The Morgan fingerprint density at radius 3 is 2.17 bits per heavy atom. The van der Waals surface area contributed by atoms with Crippen LogP contribution in [0.5, 0.6) is 0 Å². The summed E-state index contributed by atoms with van der Waals surface area (Å²) in [7, 11) is 1.44. The van der Waals surface area contributed by atoms with Gasteiger partial charge in [-0.05, 0) is 29.3 Å². The molecule has 30 heavy (non-hydrogen) atoms. The number of rotatable bonds is 8. The van der Waals surface area contributed by atoms with Crippen LogP contribution in [0.4, 0.5) is 0 Å². The van der Waals surface area contributed by atoms with Crippen molar-refractivity contribution in [3.63, 3.8) is 0 Å². The molecule has 0 saturated carbocycles. The molecule has 4 rings (SSSR count). The number of benzene rings is 2. The molecule has 0 unspecified atom stereocenters. The number of nitrogens with one attached hydrogen (secondary N) is 1. The highest BCUT2D eigenvalue weighted by atomic mass is 16.5. The highest BCUT2D eigenvalue weighted by Gasteiger charge is 2.26. The fourth-order valence-electron chi connectivity index (χ4n) is 3.75. The summed E-state index contributed by atoms with van der Waals surface area (Å²) in [5, 5.41) is 1.03. The van der Waals surface area contributed by atoms with Gasteiger partial charge in [0.1, 0.15) is 5.65 Å². The first-order valence-electron chi connectivity index (χ1n) is 10.1. The molecule has 2 heterocycles. The van der Waals surface area contributed by atoms with E-state index in [1.165, 1.54) is 18.2 Å². The molecule has 5 heteroatoms. The summed E-state index contributed by atoms with van der Waals surface area (Å²) in [6.45, 7) is 1.42. The van der Waals surface area contributed by atoms with Crippen LogP contribution >= 0.6 is 0 Å². The molecule has 0 aliphatic rings. The van der Waals surface area contributed by atoms with Crippen LogP contribution in [0.3, 0.4) is 0 Å². The molecular formula is C25H25N3O2. The number of fused-ring (bicyclic) bond motifs is 1. The van der Waals surface area contributed by atoms with Gasteiger partial charge in [0.05, 0.1) is 19.6 Å². The van der Waals surface area contributed by atoms with Gasteiger partial charge in [-0.25, -0.2) is 4.98 Å². The van der Waals surface area contributed by atoms with Gasteiger partial charge >= 0.3 is 5.97 Å². The molecule has 0 aliphatic heterocycles. The van der Waals surface area contributed by atoms with E-state index in [-0.39, 0.29) is 18.4 Å². The van der Waals surface area contributed by atoms with Crippen LogP contribution in [0.15, 0.2) is 85.1 Å². The van der Waals surface area contributed by atoms with Crippen molar-refractivity contribution < 1.29 is 9.53 Å². The third kappa shape index (κ3) is 4.75. The van der Waals surface area contributed by atoms with E-state index < -0.39 is 0 Å². The summed E-state index contributed by atoms with van der Waals surface area (Å²) in [6.07, 6.45) is 2.02.